The van der Waals surface area contributed by atoms with Crippen LogP contribution in [0.25, 0.3) is 0 Å². The summed E-state index contributed by atoms with van der Waals surface area (Å²) < 4.78 is 0. The maximum Gasteiger partial charge on any atom is 0.319 e. The number of fused-ring (bicyclic) bond motifs is 1. The third-order valence-electron chi connectivity index (χ3n) is 12.1. The zero-order valence-electron chi connectivity index (χ0n) is 30.8. The number of phenolic OH excluding ortho intramolecular Hbond substituents is 1. The van der Waals surface area contributed by atoms with Crippen LogP contribution in [0.3, 0.4) is 0 Å². The molecule has 0 radical (unpaired) electrons. The first-order valence-electron chi connectivity index (χ1n) is 17.3. The number of nitriles is 1. The molecule has 258 valence electrons. The fourth-order valence-corrected chi connectivity index (χ4v) is 8.62. The number of phenols is 1. The normalized spacial score (nSPS) is 26.4. The van der Waals surface area contributed by atoms with Gasteiger partial charge in [-0.05, 0) is 111 Å². The Balaban J connectivity index is 1.98. The number of Topliss-reactive ketones (excluding diaryl/α,β-unsaturated/α-hetero) is 1. The van der Waals surface area contributed by atoms with Crippen LogP contribution in [0.5, 0.6) is 5.75 Å². The van der Waals surface area contributed by atoms with E-state index in [1.54, 1.807) is 37.3 Å². The zero-order chi connectivity index (χ0) is 35.6. The second-order valence-electron chi connectivity index (χ2n) is 17.1. The first-order chi connectivity index (χ1) is 21.6. The summed E-state index contributed by atoms with van der Waals surface area (Å²) in [5.74, 6) is -0.0594. The Morgan fingerprint density at radius 1 is 1.00 bits per heavy atom. The van der Waals surface area contributed by atoms with Gasteiger partial charge in [-0.2, -0.15) is 5.26 Å². The Labute approximate surface area is 283 Å². The highest BCUT2D eigenvalue weighted by Crippen LogP contribution is 2.67. The lowest BCUT2D eigenvalue weighted by Crippen LogP contribution is -2.56. The second kappa shape index (κ2) is 13.6. The molecule has 3 rings (SSSR count). The number of carbonyl (C=O) groups excluding carboxylic acids is 3. The van der Waals surface area contributed by atoms with Crippen molar-refractivity contribution in [2.24, 2.45) is 33.0 Å². The number of rotatable bonds is 12. The van der Waals surface area contributed by atoms with Crippen LogP contribution >= 0.6 is 0 Å². The monoisotopic (exact) mass is 645 g/mol. The lowest BCUT2D eigenvalue weighted by molar-refractivity contribution is -0.131. The molecule has 1 saturated carbocycles. The molecule has 2 amide bonds. The topological polar surface area (TPSA) is 119 Å². The van der Waals surface area contributed by atoms with Gasteiger partial charge >= 0.3 is 6.03 Å². The number of ketones is 2. The average Bonchev–Trinajstić information content (AvgIpc) is 2.96. The fraction of sp³-hybridized carbons (Fsp3) is 0.650. The molecule has 2 aliphatic rings. The third kappa shape index (κ3) is 8.02. The van der Waals surface area contributed by atoms with Crippen LogP contribution in [0, 0.1) is 44.3 Å². The number of carbonyl (C=O) groups is 3. The van der Waals surface area contributed by atoms with Gasteiger partial charge in [-0.25, -0.2) is 4.79 Å². The number of nitrogens with one attached hydrogen (secondary N) is 2. The van der Waals surface area contributed by atoms with E-state index in [0.717, 1.165) is 56.9 Å². The van der Waals surface area contributed by atoms with Crippen LogP contribution < -0.4 is 10.6 Å². The highest BCUT2D eigenvalue weighted by atomic mass is 16.3. The van der Waals surface area contributed by atoms with Gasteiger partial charge in [0, 0.05) is 22.1 Å². The fourth-order valence-electron chi connectivity index (χ4n) is 8.62. The van der Waals surface area contributed by atoms with Gasteiger partial charge in [-0.3, -0.25) is 9.59 Å². The van der Waals surface area contributed by atoms with Crippen LogP contribution in [-0.2, 0) is 9.59 Å². The number of allylic oxidation sites excluding steroid dienone is 4. The third-order valence-corrected chi connectivity index (χ3v) is 12.1. The number of hydrogen-bond donors (Lipinski definition) is 3. The molecule has 0 aliphatic heterocycles. The van der Waals surface area contributed by atoms with Crippen molar-refractivity contribution in [2.75, 3.05) is 5.32 Å². The second-order valence-corrected chi connectivity index (χ2v) is 17.1. The molecule has 0 aromatic heterocycles. The summed E-state index contributed by atoms with van der Waals surface area (Å²) in [5, 5.41) is 25.9. The van der Waals surface area contributed by atoms with E-state index in [0.29, 0.717) is 5.69 Å². The molecule has 0 spiro atoms. The maximum absolute atomic E-state index is 13.4. The molecule has 47 heavy (non-hydrogen) atoms. The Morgan fingerprint density at radius 2 is 1.60 bits per heavy atom. The van der Waals surface area contributed by atoms with Gasteiger partial charge in [0.15, 0.2) is 11.6 Å². The first kappa shape index (κ1) is 38.1. The number of hydrogen-bond acceptors (Lipinski definition) is 5. The van der Waals surface area contributed by atoms with Crippen molar-refractivity contribution in [3.63, 3.8) is 0 Å². The number of nitrogens with zero attached hydrogens (tertiary/aromatic N) is 1. The van der Waals surface area contributed by atoms with Gasteiger partial charge in [-0.1, -0.05) is 80.4 Å². The summed E-state index contributed by atoms with van der Waals surface area (Å²) in [5.41, 5.74) is -0.678. The van der Waals surface area contributed by atoms with Crippen LogP contribution in [0.2, 0.25) is 0 Å². The van der Waals surface area contributed by atoms with Crippen LogP contribution in [0.4, 0.5) is 10.5 Å². The molecule has 7 nitrogen and oxygen atoms in total. The lowest BCUT2D eigenvalue weighted by atomic mass is 9.42. The van der Waals surface area contributed by atoms with Crippen LogP contribution in [0.15, 0.2) is 47.6 Å². The molecule has 4 atom stereocenters. The van der Waals surface area contributed by atoms with Crippen molar-refractivity contribution in [2.45, 2.75) is 133 Å². The summed E-state index contributed by atoms with van der Waals surface area (Å²) in [4.78, 5) is 39.6. The van der Waals surface area contributed by atoms with E-state index in [1.165, 1.54) is 0 Å². The smallest absolute Gasteiger partial charge is 0.319 e. The molecule has 1 fully saturated rings. The van der Waals surface area contributed by atoms with Gasteiger partial charge in [-0.15, -0.1) is 0 Å². The van der Waals surface area contributed by atoms with E-state index in [2.05, 4.69) is 72.1 Å². The summed E-state index contributed by atoms with van der Waals surface area (Å²) in [7, 11) is 0. The largest absolute Gasteiger partial charge is 0.508 e. The minimum Gasteiger partial charge on any atom is -0.508 e. The summed E-state index contributed by atoms with van der Waals surface area (Å²) in [6, 6.07) is 8.32. The number of anilines is 1. The van der Waals surface area contributed by atoms with E-state index < -0.39 is 21.8 Å². The predicted octanol–water partition coefficient (Wildman–Crippen LogP) is 9.68. The minimum absolute atomic E-state index is 0.0367. The SMILES string of the molecule is CCCC(C)(C)CC[C@@](C)(CCC(C)(C)[C@]1(C)CC[C@H]2C(C)(C)C(=O)C(C#N)=C[C@]2(C)/C1=C/C(C)=O)NC(=O)Nc1ccc(O)cc1. The minimum atomic E-state index is -0.728. The quantitative estimate of drug-likeness (QED) is 0.154. The molecule has 1 aromatic carbocycles. The van der Waals surface area contributed by atoms with Crippen LogP contribution in [-0.4, -0.2) is 28.2 Å². The van der Waals surface area contributed by atoms with Crippen molar-refractivity contribution in [1.29, 1.82) is 5.26 Å². The molecule has 0 unspecified atom stereocenters. The molecule has 1 aromatic rings. The highest BCUT2D eigenvalue weighted by molar-refractivity contribution is 6.04. The van der Waals surface area contributed by atoms with Gasteiger partial charge < -0.3 is 15.7 Å². The van der Waals surface area contributed by atoms with Crippen molar-refractivity contribution in [3.05, 3.63) is 47.6 Å². The number of aromatic hydroxyl groups is 1. The van der Waals surface area contributed by atoms with Crippen molar-refractivity contribution >= 4 is 23.3 Å². The summed E-state index contributed by atoms with van der Waals surface area (Å²) in [6.07, 6.45) is 10.7. The van der Waals surface area contributed by atoms with E-state index in [-0.39, 0.29) is 45.7 Å². The molecule has 0 saturated heterocycles. The van der Waals surface area contributed by atoms with Gasteiger partial charge in [0.1, 0.15) is 11.8 Å². The molecule has 0 heterocycles. The molecule has 7 heteroatoms. The zero-order valence-corrected chi connectivity index (χ0v) is 30.8. The molecule has 0 bridgehead atoms. The van der Waals surface area contributed by atoms with Gasteiger partial charge in [0.2, 0.25) is 0 Å². The van der Waals surface area contributed by atoms with E-state index in [4.69, 9.17) is 0 Å². The standard InChI is InChI=1S/C40H59N3O4/c1-12-18-35(3,4)20-22-38(9,43-34(47)42-29-13-15-30(45)16-14-29)23-21-36(5,6)40(11)19-17-31-37(7,8)33(46)28(26-41)25-39(31,10)32(40)24-27(2)44/h13-16,24-25,31,45H,12,17-23H2,1-11H3,(H2,42,43,47)/b32-24-/t31-,38-,39-,40+/m0/s1. The lowest BCUT2D eigenvalue weighted by Gasteiger charge is -2.61. The Kier molecular flexibility index (Phi) is 11.0. The first-order valence-corrected chi connectivity index (χ1v) is 17.3. The molecular formula is C40H59N3O4. The van der Waals surface area contributed by atoms with E-state index in [9.17, 15) is 24.8 Å². The highest BCUT2D eigenvalue weighted by Gasteiger charge is 2.61. The average molecular weight is 646 g/mol. The molecule has 2 aliphatic carbocycles. The molecular weight excluding hydrogens is 586 g/mol. The summed E-state index contributed by atoms with van der Waals surface area (Å²) >= 11 is 0. The van der Waals surface area contributed by atoms with Crippen molar-refractivity contribution < 1.29 is 19.5 Å². The van der Waals surface area contributed by atoms with Gasteiger partial charge in [0.05, 0.1) is 5.57 Å². The Morgan fingerprint density at radius 3 is 2.15 bits per heavy atom. The van der Waals surface area contributed by atoms with Gasteiger partial charge in [0.25, 0.3) is 0 Å². The van der Waals surface area contributed by atoms with Crippen molar-refractivity contribution in [1.82, 2.24) is 5.32 Å². The summed E-state index contributed by atoms with van der Waals surface area (Å²) in [6.45, 7) is 23.3. The maximum atomic E-state index is 13.4. The number of urea groups is 1. The number of benzene rings is 1. The van der Waals surface area contributed by atoms with E-state index in [1.807, 2.05) is 19.9 Å². The predicted molar refractivity (Wildman–Crippen MR) is 190 cm³/mol. The Bertz CT molecular complexity index is 1460. The Hall–Kier alpha value is -3.40. The molecule has 3 N–H and O–H groups in total. The van der Waals surface area contributed by atoms with Crippen LogP contribution in [0.1, 0.15) is 128 Å². The van der Waals surface area contributed by atoms with E-state index >= 15 is 0 Å². The number of amides is 2. The van der Waals surface area contributed by atoms with Crippen molar-refractivity contribution in [3.8, 4) is 11.8 Å².